The molecule has 1 aliphatic rings. The Kier molecular flexibility index (Phi) is 5.56. The molecule has 0 bridgehead atoms. The molecule has 0 aromatic rings. The van der Waals surface area contributed by atoms with Crippen LogP contribution in [0.4, 0.5) is 22.0 Å². The average Bonchev–Trinajstić information content (AvgIpc) is 2.15. The number of Topliss-reactive ketones (excluding diaryl/α,β-unsaturated/α-hetero) is 1. The van der Waals surface area contributed by atoms with Gasteiger partial charge in [0.25, 0.3) is 0 Å². The number of likely N-dealkylation sites (tertiary alicyclic amines) is 1. The maximum atomic E-state index is 12.8. The van der Waals surface area contributed by atoms with Crippen LogP contribution in [0.1, 0.15) is 12.8 Å². The third kappa shape index (κ3) is 3.75. The first-order chi connectivity index (χ1) is 7.47. The predicted octanol–water partition coefficient (Wildman–Crippen LogP) is -0.756. The molecule has 0 unspecified atom stereocenters. The summed E-state index contributed by atoms with van der Waals surface area (Å²) in [7, 11) is 3.70. The van der Waals surface area contributed by atoms with Crippen LogP contribution in [-0.2, 0) is 4.79 Å². The number of hydrogen-bond acceptors (Lipinski definition) is 1. The number of carbonyl (C=O) groups excluding carboxylic acids is 1. The number of carbonyl (C=O) groups is 1. The van der Waals surface area contributed by atoms with Crippen molar-refractivity contribution in [2.75, 3.05) is 27.2 Å². The number of rotatable bonds is 2. The summed E-state index contributed by atoms with van der Waals surface area (Å²) in [6.07, 6.45) is -5.62. The highest BCUT2D eigenvalue weighted by Gasteiger charge is 2.64. The lowest BCUT2D eigenvalue weighted by molar-refractivity contribution is -0.895. The molecule has 1 rings (SSSR count). The minimum absolute atomic E-state index is 0. The van der Waals surface area contributed by atoms with E-state index in [-0.39, 0.29) is 36.8 Å². The molecule has 0 saturated carbocycles. The van der Waals surface area contributed by atoms with Gasteiger partial charge in [-0.15, -0.1) is 0 Å². The summed E-state index contributed by atoms with van der Waals surface area (Å²) in [4.78, 5) is 11.2. The molecule has 0 aromatic heterocycles. The van der Waals surface area contributed by atoms with E-state index < -0.39 is 23.8 Å². The van der Waals surface area contributed by atoms with Crippen LogP contribution in [0.15, 0.2) is 0 Å². The standard InChI is InChI=1S/C10H15F5NO.HI/c1-16(2)5-3-7(4-6-16)8(17)9(11,12)10(13,14)15;/h7H,3-6H2,1-2H3;1H/q+1;/p-1. The van der Waals surface area contributed by atoms with Crippen molar-refractivity contribution >= 4 is 5.78 Å². The van der Waals surface area contributed by atoms with Crippen molar-refractivity contribution in [1.29, 1.82) is 0 Å². The predicted molar refractivity (Wildman–Crippen MR) is 50.6 cm³/mol. The summed E-state index contributed by atoms with van der Waals surface area (Å²) in [6.45, 7) is 0.870. The van der Waals surface area contributed by atoms with E-state index in [9.17, 15) is 26.7 Å². The third-order valence-corrected chi connectivity index (χ3v) is 3.20. The fourth-order valence-corrected chi connectivity index (χ4v) is 1.93. The van der Waals surface area contributed by atoms with Gasteiger partial charge in [0.1, 0.15) is 0 Å². The molecule has 108 valence electrons. The fraction of sp³-hybridized carbons (Fsp3) is 0.900. The van der Waals surface area contributed by atoms with Crippen molar-refractivity contribution < 1.29 is 55.2 Å². The zero-order valence-electron chi connectivity index (χ0n) is 10.0. The maximum Gasteiger partial charge on any atom is 0.461 e. The Morgan fingerprint density at radius 1 is 1.06 bits per heavy atom. The monoisotopic (exact) mass is 387 g/mol. The minimum Gasteiger partial charge on any atom is -1.00 e. The van der Waals surface area contributed by atoms with Crippen LogP contribution >= 0.6 is 0 Å². The Bertz CT molecular complexity index is 306. The number of hydrogen-bond donors (Lipinski definition) is 0. The van der Waals surface area contributed by atoms with Crippen molar-refractivity contribution in [3.8, 4) is 0 Å². The van der Waals surface area contributed by atoms with Crippen LogP contribution in [-0.4, -0.2) is 49.5 Å². The SMILES string of the molecule is C[N+]1(C)CCC(C(=O)C(F)(F)C(F)(F)F)CC1.[I-]. The summed E-state index contributed by atoms with van der Waals surface area (Å²) < 4.78 is 62.2. The largest absolute Gasteiger partial charge is 1.00 e. The van der Waals surface area contributed by atoms with E-state index in [2.05, 4.69) is 0 Å². The van der Waals surface area contributed by atoms with Gasteiger partial charge in [-0.1, -0.05) is 0 Å². The number of quaternary nitrogens is 1. The maximum absolute atomic E-state index is 12.8. The second-order valence-corrected chi connectivity index (χ2v) is 5.09. The van der Waals surface area contributed by atoms with Gasteiger partial charge in [0.2, 0.25) is 5.78 Å². The van der Waals surface area contributed by atoms with Gasteiger partial charge in [-0.2, -0.15) is 22.0 Å². The van der Waals surface area contributed by atoms with Gasteiger partial charge in [0.15, 0.2) is 0 Å². The van der Waals surface area contributed by atoms with Crippen molar-refractivity contribution in [2.45, 2.75) is 24.9 Å². The molecule has 18 heavy (non-hydrogen) atoms. The molecule has 0 aliphatic carbocycles. The number of halogens is 6. The molecule has 0 atom stereocenters. The summed E-state index contributed by atoms with van der Waals surface area (Å²) in [5.74, 6) is -8.38. The highest BCUT2D eigenvalue weighted by Crippen LogP contribution is 2.39. The Morgan fingerprint density at radius 3 is 1.78 bits per heavy atom. The van der Waals surface area contributed by atoms with E-state index in [1.54, 1.807) is 0 Å². The van der Waals surface area contributed by atoms with E-state index in [1.807, 2.05) is 14.1 Å². The highest BCUT2D eigenvalue weighted by molar-refractivity contribution is 5.88. The van der Waals surface area contributed by atoms with E-state index in [0.29, 0.717) is 17.6 Å². The van der Waals surface area contributed by atoms with Crippen molar-refractivity contribution in [3.05, 3.63) is 0 Å². The lowest BCUT2D eigenvalue weighted by Gasteiger charge is -2.37. The Balaban J connectivity index is 0.00000289. The molecule has 1 fully saturated rings. The highest BCUT2D eigenvalue weighted by atomic mass is 127. The zero-order chi connectivity index (χ0) is 13.5. The lowest BCUT2D eigenvalue weighted by Crippen LogP contribution is -3.00. The molecule has 1 heterocycles. The minimum atomic E-state index is -5.79. The Labute approximate surface area is 119 Å². The first kappa shape index (κ1) is 18.0. The summed E-state index contributed by atoms with van der Waals surface area (Å²) >= 11 is 0. The average molecular weight is 387 g/mol. The molecule has 1 aliphatic heterocycles. The molecule has 0 N–H and O–H groups in total. The van der Waals surface area contributed by atoms with Crippen molar-refractivity contribution in [3.63, 3.8) is 0 Å². The third-order valence-electron chi connectivity index (χ3n) is 3.20. The lowest BCUT2D eigenvalue weighted by atomic mass is 9.88. The molecular weight excluding hydrogens is 372 g/mol. The van der Waals surface area contributed by atoms with E-state index >= 15 is 0 Å². The normalized spacial score (nSPS) is 21.3. The van der Waals surface area contributed by atoms with Crippen LogP contribution in [0, 0.1) is 5.92 Å². The van der Waals surface area contributed by atoms with Crippen molar-refractivity contribution in [2.24, 2.45) is 5.92 Å². The summed E-state index contributed by atoms with van der Waals surface area (Å²) in [5, 5.41) is 0. The fourth-order valence-electron chi connectivity index (χ4n) is 1.93. The van der Waals surface area contributed by atoms with Crippen LogP contribution < -0.4 is 24.0 Å². The van der Waals surface area contributed by atoms with Gasteiger partial charge in [-0.25, -0.2) is 0 Å². The van der Waals surface area contributed by atoms with E-state index in [1.165, 1.54) is 0 Å². The van der Waals surface area contributed by atoms with Crippen molar-refractivity contribution in [1.82, 2.24) is 0 Å². The summed E-state index contributed by atoms with van der Waals surface area (Å²) in [5.41, 5.74) is 0. The molecule has 1 saturated heterocycles. The molecule has 8 heteroatoms. The molecule has 0 radical (unpaired) electrons. The van der Waals surface area contributed by atoms with E-state index in [0.717, 1.165) is 0 Å². The van der Waals surface area contributed by atoms with Crippen LogP contribution in [0.5, 0.6) is 0 Å². The van der Waals surface area contributed by atoms with Gasteiger partial charge >= 0.3 is 12.1 Å². The molecule has 0 spiro atoms. The quantitative estimate of drug-likeness (QED) is 0.346. The summed E-state index contributed by atoms with van der Waals surface area (Å²) in [6, 6.07) is 0. The topological polar surface area (TPSA) is 17.1 Å². The van der Waals surface area contributed by atoms with Crippen LogP contribution in [0.3, 0.4) is 0 Å². The molecule has 0 amide bonds. The Hall–Kier alpha value is 0.01000. The number of alkyl halides is 5. The van der Waals surface area contributed by atoms with Gasteiger partial charge in [0.05, 0.1) is 27.2 Å². The van der Waals surface area contributed by atoms with Gasteiger partial charge in [0, 0.05) is 18.8 Å². The van der Waals surface area contributed by atoms with Gasteiger partial charge in [-0.3, -0.25) is 4.79 Å². The van der Waals surface area contributed by atoms with E-state index in [4.69, 9.17) is 0 Å². The van der Waals surface area contributed by atoms with Crippen LogP contribution in [0.25, 0.3) is 0 Å². The number of nitrogens with zero attached hydrogens (tertiary/aromatic N) is 1. The molecule has 0 aromatic carbocycles. The van der Waals surface area contributed by atoms with Crippen LogP contribution in [0.2, 0.25) is 0 Å². The smallest absolute Gasteiger partial charge is 0.461 e. The first-order valence-electron chi connectivity index (χ1n) is 5.28. The second kappa shape index (κ2) is 5.56. The number of piperidine rings is 1. The zero-order valence-corrected chi connectivity index (χ0v) is 12.2. The number of ketones is 1. The Morgan fingerprint density at radius 2 is 1.44 bits per heavy atom. The molecule has 2 nitrogen and oxygen atoms in total. The molecular formula is C10H15F5INO. The second-order valence-electron chi connectivity index (χ2n) is 5.09. The first-order valence-corrected chi connectivity index (χ1v) is 5.28. The van der Waals surface area contributed by atoms with Gasteiger partial charge in [-0.05, 0) is 0 Å². The van der Waals surface area contributed by atoms with Gasteiger partial charge < -0.3 is 28.5 Å².